The topological polar surface area (TPSA) is 87.7 Å². The van der Waals surface area contributed by atoms with Gasteiger partial charge in [-0.05, 0) is 60.5 Å². The Morgan fingerprint density at radius 3 is 2.06 bits per heavy atom. The predicted octanol–water partition coefficient (Wildman–Crippen LogP) is 4.09. The Hall–Kier alpha value is -2.22. The van der Waals surface area contributed by atoms with Gasteiger partial charge in [0, 0.05) is 17.3 Å². The Morgan fingerprint density at radius 2 is 1.62 bits per heavy atom. The average Bonchev–Trinajstić information content (AvgIpc) is 2.66. The molecule has 1 rings (SSSR count). The van der Waals surface area contributed by atoms with Crippen LogP contribution in [0.3, 0.4) is 0 Å². The van der Waals surface area contributed by atoms with E-state index in [1.807, 2.05) is 65.0 Å². The van der Waals surface area contributed by atoms with Crippen molar-refractivity contribution in [3.05, 3.63) is 35.9 Å². The molecule has 0 radical (unpaired) electrons. The molecule has 0 heterocycles. The summed E-state index contributed by atoms with van der Waals surface area (Å²) >= 11 is 4.29. The van der Waals surface area contributed by atoms with Crippen LogP contribution in [-0.4, -0.2) is 51.8 Å². The first-order valence-electron chi connectivity index (χ1n) is 11.0. The summed E-state index contributed by atoms with van der Waals surface area (Å²) in [5.41, 5.74) is -0.492. The van der Waals surface area contributed by atoms with Crippen LogP contribution in [0, 0.1) is 0 Å². The molecule has 0 saturated carbocycles. The summed E-state index contributed by atoms with van der Waals surface area (Å²) in [6, 6.07) is 7.11. The molecular formula is C24H39N3O4S. The number of ether oxygens (including phenoxy) is 1. The van der Waals surface area contributed by atoms with Gasteiger partial charge in [0.05, 0.1) is 0 Å². The molecule has 1 aromatic carbocycles. The normalized spacial score (nSPS) is 14.7. The lowest BCUT2D eigenvalue weighted by atomic mass is 9.98. The summed E-state index contributed by atoms with van der Waals surface area (Å²) in [4.78, 5) is 41.0. The highest BCUT2D eigenvalue weighted by atomic mass is 32.1. The Morgan fingerprint density at radius 1 is 1.06 bits per heavy atom. The number of benzene rings is 1. The van der Waals surface area contributed by atoms with E-state index in [9.17, 15) is 14.4 Å². The molecule has 7 nitrogen and oxygen atoms in total. The van der Waals surface area contributed by atoms with Gasteiger partial charge in [0.2, 0.25) is 11.8 Å². The van der Waals surface area contributed by atoms with Gasteiger partial charge < -0.3 is 20.3 Å². The lowest BCUT2D eigenvalue weighted by molar-refractivity contribution is -0.145. The first-order chi connectivity index (χ1) is 14.7. The van der Waals surface area contributed by atoms with E-state index in [1.54, 1.807) is 25.7 Å². The molecule has 2 N–H and O–H groups in total. The SMILES string of the molecule is CCC(C)N(C(=O)C(CS)NC(=O)OC(C)(C)C)C(C(=O)NC(C)(C)C)c1ccccc1. The van der Waals surface area contributed by atoms with Crippen LogP contribution in [0.1, 0.15) is 73.4 Å². The minimum absolute atomic E-state index is 0.0629. The molecule has 0 saturated heterocycles. The number of hydrogen-bond acceptors (Lipinski definition) is 5. The van der Waals surface area contributed by atoms with Crippen LogP contribution < -0.4 is 10.6 Å². The summed E-state index contributed by atoms with van der Waals surface area (Å²) in [6.45, 7) is 14.8. The maximum Gasteiger partial charge on any atom is 0.408 e. The summed E-state index contributed by atoms with van der Waals surface area (Å²) in [5, 5.41) is 5.61. The summed E-state index contributed by atoms with van der Waals surface area (Å²) in [6.07, 6.45) is -0.0757. The van der Waals surface area contributed by atoms with Crippen molar-refractivity contribution in [2.45, 2.75) is 91.1 Å². The molecule has 0 bridgehead atoms. The number of nitrogens with one attached hydrogen (secondary N) is 2. The molecule has 3 amide bonds. The molecule has 3 unspecified atom stereocenters. The van der Waals surface area contributed by atoms with Gasteiger partial charge in [0.15, 0.2) is 0 Å². The Balaban J connectivity index is 3.38. The van der Waals surface area contributed by atoms with Crippen LogP contribution in [-0.2, 0) is 14.3 Å². The van der Waals surface area contributed by atoms with Gasteiger partial charge >= 0.3 is 6.09 Å². The third-order valence-electron chi connectivity index (χ3n) is 4.63. The predicted molar refractivity (Wildman–Crippen MR) is 131 cm³/mol. The lowest BCUT2D eigenvalue weighted by Crippen LogP contribution is -2.57. The summed E-state index contributed by atoms with van der Waals surface area (Å²) in [7, 11) is 0. The highest BCUT2D eigenvalue weighted by Gasteiger charge is 2.38. The molecule has 180 valence electrons. The van der Waals surface area contributed by atoms with E-state index >= 15 is 0 Å². The lowest BCUT2D eigenvalue weighted by Gasteiger charge is -2.39. The van der Waals surface area contributed by atoms with E-state index in [2.05, 4.69) is 23.3 Å². The molecule has 8 heteroatoms. The second-order valence-electron chi connectivity index (χ2n) is 9.94. The molecule has 0 aliphatic rings. The van der Waals surface area contributed by atoms with Crippen LogP contribution in [0.25, 0.3) is 0 Å². The van der Waals surface area contributed by atoms with E-state index in [-0.39, 0.29) is 17.7 Å². The van der Waals surface area contributed by atoms with Crippen molar-refractivity contribution in [3.8, 4) is 0 Å². The highest BCUT2D eigenvalue weighted by molar-refractivity contribution is 7.80. The standard InChI is InChI=1S/C24H39N3O4S/c1-9-16(2)27(21(29)18(15-32)25-22(30)31-24(6,7)8)19(17-13-11-10-12-14-17)20(28)26-23(3,4)5/h10-14,16,18-19,32H,9,15H2,1-8H3,(H,25,30)(H,26,28). The van der Waals surface area contributed by atoms with Gasteiger partial charge in [-0.3, -0.25) is 9.59 Å². The molecule has 0 fully saturated rings. The zero-order chi connectivity index (χ0) is 24.7. The van der Waals surface area contributed by atoms with Gasteiger partial charge in [-0.2, -0.15) is 12.6 Å². The first kappa shape index (κ1) is 27.8. The molecule has 3 atom stereocenters. The second kappa shape index (κ2) is 11.6. The van der Waals surface area contributed by atoms with Crippen LogP contribution >= 0.6 is 12.6 Å². The number of thiol groups is 1. The molecule has 0 aliphatic heterocycles. The van der Waals surface area contributed by atoms with Crippen LogP contribution in [0.4, 0.5) is 4.79 Å². The van der Waals surface area contributed by atoms with Crippen molar-refractivity contribution in [2.24, 2.45) is 0 Å². The Bertz CT molecular complexity index is 772. The average molecular weight is 466 g/mol. The fourth-order valence-electron chi connectivity index (χ4n) is 3.12. The zero-order valence-electron chi connectivity index (χ0n) is 20.6. The molecule has 1 aromatic rings. The van der Waals surface area contributed by atoms with Crippen LogP contribution in [0.15, 0.2) is 30.3 Å². The van der Waals surface area contributed by atoms with Crippen molar-refractivity contribution in [3.63, 3.8) is 0 Å². The maximum atomic E-state index is 13.7. The number of carbonyl (C=O) groups is 3. The van der Waals surface area contributed by atoms with Gasteiger partial charge in [-0.15, -0.1) is 0 Å². The van der Waals surface area contributed by atoms with Gasteiger partial charge in [-0.25, -0.2) is 4.79 Å². The van der Waals surface area contributed by atoms with Gasteiger partial charge in [-0.1, -0.05) is 37.3 Å². The number of nitrogens with zero attached hydrogens (tertiary/aromatic N) is 1. The minimum atomic E-state index is -0.948. The molecule has 0 spiro atoms. The zero-order valence-corrected chi connectivity index (χ0v) is 21.5. The fraction of sp³-hybridized carbons (Fsp3) is 0.625. The van der Waals surface area contributed by atoms with Crippen LogP contribution in [0.5, 0.6) is 0 Å². The largest absolute Gasteiger partial charge is 0.444 e. The Kier molecular flexibility index (Phi) is 10.1. The van der Waals surface area contributed by atoms with Crippen LogP contribution in [0.2, 0.25) is 0 Å². The third-order valence-corrected chi connectivity index (χ3v) is 5.00. The summed E-state index contributed by atoms with van der Waals surface area (Å²) in [5.74, 6) is -0.612. The van der Waals surface area contributed by atoms with E-state index < -0.39 is 35.2 Å². The molecule has 0 aromatic heterocycles. The van der Waals surface area contributed by atoms with Gasteiger partial charge in [0.25, 0.3) is 0 Å². The quantitative estimate of drug-likeness (QED) is 0.505. The number of alkyl carbamates (subject to hydrolysis) is 1. The van der Waals surface area contributed by atoms with Gasteiger partial charge in [0.1, 0.15) is 17.7 Å². The molecule has 0 aliphatic carbocycles. The van der Waals surface area contributed by atoms with Crippen molar-refractivity contribution in [2.75, 3.05) is 5.75 Å². The molecular weight excluding hydrogens is 426 g/mol. The number of hydrogen-bond donors (Lipinski definition) is 3. The monoisotopic (exact) mass is 465 g/mol. The summed E-state index contributed by atoms with van der Waals surface area (Å²) < 4.78 is 5.31. The van der Waals surface area contributed by atoms with Crippen molar-refractivity contribution >= 4 is 30.5 Å². The second-order valence-corrected chi connectivity index (χ2v) is 10.3. The fourth-order valence-corrected chi connectivity index (χ4v) is 3.37. The van der Waals surface area contributed by atoms with Crippen molar-refractivity contribution < 1.29 is 19.1 Å². The number of amides is 3. The van der Waals surface area contributed by atoms with E-state index in [4.69, 9.17) is 4.74 Å². The first-order valence-corrected chi connectivity index (χ1v) is 11.6. The van der Waals surface area contributed by atoms with Crippen molar-refractivity contribution in [1.29, 1.82) is 0 Å². The van der Waals surface area contributed by atoms with E-state index in [1.165, 1.54) is 0 Å². The van der Waals surface area contributed by atoms with E-state index in [0.29, 0.717) is 12.0 Å². The number of rotatable bonds is 8. The highest BCUT2D eigenvalue weighted by Crippen LogP contribution is 2.27. The minimum Gasteiger partial charge on any atom is -0.444 e. The molecule has 32 heavy (non-hydrogen) atoms. The van der Waals surface area contributed by atoms with Crippen molar-refractivity contribution in [1.82, 2.24) is 15.5 Å². The Labute approximate surface area is 198 Å². The van der Waals surface area contributed by atoms with E-state index in [0.717, 1.165) is 0 Å². The maximum absolute atomic E-state index is 13.7. The smallest absolute Gasteiger partial charge is 0.408 e. The third kappa shape index (κ3) is 8.73. The number of carbonyl (C=O) groups excluding carboxylic acids is 3.